The summed E-state index contributed by atoms with van der Waals surface area (Å²) in [6, 6.07) is 14.9. The van der Waals surface area contributed by atoms with Gasteiger partial charge in [0.2, 0.25) is 0 Å². The van der Waals surface area contributed by atoms with Gasteiger partial charge in [0.25, 0.3) is 10.0 Å². The molecular weight excluding hydrogens is 360 g/mol. The predicted molar refractivity (Wildman–Crippen MR) is 105 cm³/mol. The van der Waals surface area contributed by atoms with Crippen molar-refractivity contribution in [3.05, 3.63) is 65.4 Å². The molecule has 0 unspecified atom stereocenters. The van der Waals surface area contributed by atoms with E-state index in [2.05, 4.69) is 5.16 Å². The van der Waals surface area contributed by atoms with Gasteiger partial charge in [-0.2, -0.15) is 0 Å². The third-order valence-corrected chi connectivity index (χ3v) is 7.05. The number of hydrogen-bond donors (Lipinski definition) is 0. The van der Waals surface area contributed by atoms with Crippen molar-refractivity contribution in [2.75, 3.05) is 4.31 Å². The Balaban J connectivity index is 1.86. The molecule has 2 aromatic carbocycles. The first kappa shape index (κ1) is 17.8. The van der Waals surface area contributed by atoms with E-state index in [1.807, 2.05) is 63.2 Å². The first-order valence-electron chi connectivity index (χ1n) is 9.10. The normalized spacial score (nSPS) is 16.6. The molecule has 1 aliphatic heterocycles. The molecule has 1 aliphatic rings. The summed E-state index contributed by atoms with van der Waals surface area (Å²) in [5.74, 6) is 0.571. The number of para-hydroxylation sites is 1. The molecule has 1 aromatic heterocycles. The van der Waals surface area contributed by atoms with Crippen molar-refractivity contribution in [1.82, 2.24) is 5.16 Å². The monoisotopic (exact) mass is 382 g/mol. The summed E-state index contributed by atoms with van der Waals surface area (Å²) in [7, 11) is -3.70. The smallest absolute Gasteiger partial charge is 0.264 e. The number of aryl methyl sites for hydroxylation is 2. The van der Waals surface area contributed by atoms with Gasteiger partial charge in [0.15, 0.2) is 5.76 Å². The summed E-state index contributed by atoms with van der Waals surface area (Å²) in [4.78, 5) is 0.333. The van der Waals surface area contributed by atoms with Gasteiger partial charge in [0.1, 0.15) is 0 Å². The van der Waals surface area contributed by atoms with Crippen LogP contribution in [0.3, 0.4) is 0 Å². The number of benzene rings is 2. The molecule has 140 valence electrons. The maximum Gasteiger partial charge on any atom is 0.264 e. The van der Waals surface area contributed by atoms with Gasteiger partial charge < -0.3 is 4.52 Å². The van der Waals surface area contributed by atoms with Gasteiger partial charge in [-0.3, -0.25) is 4.31 Å². The molecule has 6 heteroatoms. The quantitative estimate of drug-likeness (QED) is 0.673. The van der Waals surface area contributed by atoms with E-state index in [4.69, 9.17) is 4.52 Å². The Morgan fingerprint density at radius 2 is 1.96 bits per heavy atom. The molecule has 4 rings (SSSR count). The van der Waals surface area contributed by atoms with Crippen LogP contribution in [-0.4, -0.2) is 19.6 Å². The minimum Gasteiger partial charge on any atom is -0.356 e. The fraction of sp³-hybridized carbons (Fsp3) is 0.286. The summed E-state index contributed by atoms with van der Waals surface area (Å²) < 4.78 is 34.2. The molecule has 0 spiro atoms. The fourth-order valence-electron chi connectivity index (χ4n) is 3.75. The summed E-state index contributed by atoms with van der Waals surface area (Å²) in [5.41, 5.74) is 4.11. The van der Waals surface area contributed by atoms with Crippen LogP contribution in [0.5, 0.6) is 0 Å². The van der Waals surface area contributed by atoms with Crippen LogP contribution in [0.1, 0.15) is 30.7 Å². The average molecular weight is 382 g/mol. The Hall–Kier alpha value is -2.60. The summed E-state index contributed by atoms with van der Waals surface area (Å²) >= 11 is 0. The molecule has 0 bridgehead atoms. The van der Waals surface area contributed by atoms with E-state index in [0.717, 1.165) is 28.9 Å². The zero-order chi connectivity index (χ0) is 19.2. The lowest BCUT2D eigenvalue weighted by atomic mass is 10.1. The molecule has 27 heavy (non-hydrogen) atoms. The van der Waals surface area contributed by atoms with Gasteiger partial charge in [-0.05, 0) is 49.9 Å². The average Bonchev–Trinajstić information content (AvgIpc) is 3.23. The lowest BCUT2D eigenvalue weighted by molar-refractivity contribution is 0.427. The van der Waals surface area contributed by atoms with Gasteiger partial charge >= 0.3 is 0 Å². The summed E-state index contributed by atoms with van der Waals surface area (Å²) in [6.07, 6.45) is 1.35. The molecule has 0 saturated heterocycles. The topological polar surface area (TPSA) is 63.4 Å². The number of fused-ring (bicyclic) bond motifs is 1. The highest BCUT2D eigenvalue weighted by Crippen LogP contribution is 2.38. The fourth-order valence-corrected chi connectivity index (χ4v) is 5.77. The first-order chi connectivity index (χ1) is 12.9. The Kier molecular flexibility index (Phi) is 4.30. The molecule has 0 amide bonds. The summed E-state index contributed by atoms with van der Waals surface area (Å²) in [5, 5.41) is 3.91. The maximum atomic E-state index is 13.7. The first-order valence-corrected chi connectivity index (χ1v) is 10.5. The predicted octanol–water partition coefficient (Wildman–Crippen LogP) is 4.35. The number of aromatic nitrogens is 1. The minimum absolute atomic E-state index is 0.117. The van der Waals surface area contributed by atoms with E-state index in [1.165, 1.54) is 0 Å². The highest BCUT2D eigenvalue weighted by atomic mass is 32.2. The SMILES string of the molecule is CCc1ccc(-c2cc(C)no2)cc1S(=O)(=O)N1c2ccccc2C[C@H]1C. The molecule has 0 saturated carbocycles. The van der Waals surface area contributed by atoms with Crippen LogP contribution in [0, 0.1) is 6.92 Å². The standard InChI is InChI=1S/C21H22N2O3S/c1-4-16-9-10-18(20-11-14(2)22-26-20)13-21(16)27(24,25)23-15(3)12-17-7-5-6-8-19(17)23/h5-11,13,15H,4,12H2,1-3H3/t15-/m1/s1. The number of hydrogen-bond acceptors (Lipinski definition) is 4. The van der Waals surface area contributed by atoms with E-state index in [-0.39, 0.29) is 6.04 Å². The van der Waals surface area contributed by atoms with Crippen LogP contribution in [0.15, 0.2) is 57.9 Å². The second-order valence-corrected chi connectivity index (χ2v) is 8.77. The Morgan fingerprint density at radius 3 is 2.67 bits per heavy atom. The number of rotatable bonds is 4. The van der Waals surface area contributed by atoms with E-state index in [0.29, 0.717) is 22.6 Å². The molecule has 2 heterocycles. The van der Waals surface area contributed by atoms with Gasteiger partial charge in [0, 0.05) is 17.7 Å². The third kappa shape index (κ3) is 2.94. The molecule has 5 nitrogen and oxygen atoms in total. The van der Waals surface area contributed by atoms with Gasteiger partial charge in [-0.25, -0.2) is 8.42 Å². The molecule has 0 radical (unpaired) electrons. The Bertz CT molecular complexity index is 1100. The van der Waals surface area contributed by atoms with Crippen molar-refractivity contribution in [2.45, 2.75) is 44.6 Å². The van der Waals surface area contributed by atoms with E-state index < -0.39 is 10.0 Å². The van der Waals surface area contributed by atoms with Gasteiger partial charge in [-0.1, -0.05) is 42.4 Å². The Morgan fingerprint density at radius 1 is 1.19 bits per heavy atom. The van der Waals surface area contributed by atoms with Gasteiger partial charge in [0.05, 0.1) is 16.3 Å². The molecule has 0 N–H and O–H groups in total. The zero-order valence-corrected chi connectivity index (χ0v) is 16.5. The van der Waals surface area contributed by atoms with Gasteiger partial charge in [-0.15, -0.1) is 0 Å². The van der Waals surface area contributed by atoms with Crippen LogP contribution >= 0.6 is 0 Å². The maximum absolute atomic E-state index is 13.7. The van der Waals surface area contributed by atoms with Crippen LogP contribution in [0.25, 0.3) is 11.3 Å². The van der Waals surface area contributed by atoms with E-state index in [9.17, 15) is 8.42 Å². The van der Waals surface area contributed by atoms with Crippen LogP contribution in [0.4, 0.5) is 5.69 Å². The van der Waals surface area contributed by atoms with Crippen molar-refractivity contribution in [2.24, 2.45) is 0 Å². The lowest BCUT2D eigenvalue weighted by Gasteiger charge is -2.26. The molecule has 3 aromatic rings. The molecular formula is C21H22N2O3S. The van der Waals surface area contributed by atoms with Crippen LogP contribution in [0.2, 0.25) is 0 Å². The van der Waals surface area contributed by atoms with E-state index >= 15 is 0 Å². The minimum atomic E-state index is -3.70. The molecule has 0 aliphatic carbocycles. The highest BCUT2D eigenvalue weighted by molar-refractivity contribution is 7.93. The van der Waals surface area contributed by atoms with Crippen molar-refractivity contribution in [3.8, 4) is 11.3 Å². The Labute approximate surface area is 159 Å². The van der Waals surface area contributed by atoms with Crippen molar-refractivity contribution < 1.29 is 12.9 Å². The molecule has 1 atom stereocenters. The van der Waals surface area contributed by atoms with Crippen LogP contribution in [-0.2, 0) is 22.9 Å². The largest absolute Gasteiger partial charge is 0.356 e. The molecule has 0 fully saturated rings. The zero-order valence-electron chi connectivity index (χ0n) is 15.6. The van der Waals surface area contributed by atoms with Crippen LogP contribution < -0.4 is 4.31 Å². The second-order valence-electron chi connectivity index (χ2n) is 6.99. The third-order valence-electron chi connectivity index (χ3n) is 5.04. The van der Waals surface area contributed by atoms with Crippen molar-refractivity contribution in [1.29, 1.82) is 0 Å². The number of sulfonamides is 1. The highest BCUT2D eigenvalue weighted by Gasteiger charge is 2.37. The van der Waals surface area contributed by atoms with E-state index in [1.54, 1.807) is 10.4 Å². The van der Waals surface area contributed by atoms with Crippen molar-refractivity contribution in [3.63, 3.8) is 0 Å². The lowest BCUT2D eigenvalue weighted by Crippen LogP contribution is -2.36. The number of nitrogens with zero attached hydrogens (tertiary/aromatic N) is 2. The number of anilines is 1. The summed E-state index contributed by atoms with van der Waals surface area (Å²) in [6.45, 7) is 5.76. The van der Waals surface area contributed by atoms with Crippen molar-refractivity contribution >= 4 is 15.7 Å². The second kappa shape index (κ2) is 6.53.